The minimum absolute atomic E-state index is 0.440. The Morgan fingerprint density at radius 3 is 2.78 bits per heavy atom. The monoisotopic (exact) mass is 269 g/mol. The van der Waals surface area contributed by atoms with Crippen molar-refractivity contribution in [1.29, 1.82) is 0 Å². The molecule has 1 aromatic rings. The Morgan fingerprint density at radius 1 is 1.50 bits per heavy atom. The Morgan fingerprint density at radius 2 is 2.22 bits per heavy atom. The van der Waals surface area contributed by atoms with E-state index in [1.807, 2.05) is 18.2 Å². The summed E-state index contributed by atoms with van der Waals surface area (Å²) < 4.78 is 5.39. The number of rotatable bonds is 7. The summed E-state index contributed by atoms with van der Waals surface area (Å²) in [6, 6.07) is 5.64. The highest BCUT2D eigenvalue weighted by Crippen LogP contribution is 2.25. The number of ether oxygens (including phenoxy) is 1. The Balaban J connectivity index is 2.53. The summed E-state index contributed by atoms with van der Waals surface area (Å²) in [7, 11) is 0. The zero-order valence-electron chi connectivity index (χ0n) is 10.9. The molecule has 0 unspecified atom stereocenters. The second-order valence-corrected chi connectivity index (χ2v) is 5.19. The number of benzene rings is 1. The van der Waals surface area contributed by atoms with Gasteiger partial charge in [0.25, 0.3) is 0 Å². The zero-order valence-corrected chi connectivity index (χ0v) is 11.6. The van der Waals surface area contributed by atoms with Gasteiger partial charge in [-0.05, 0) is 31.5 Å². The van der Waals surface area contributed by atoms with Crippen LogP contribution in [0.2, 0.25) is 5.02 Å². The summed E-state index contributed by atoms with van der Waals surface area (Å²) in [5.74, 6) is 0.655. The molecule has 0 amide bonds. The van der Waals surface area contributed by atoms with Crippen molar-refractivity contribution in [2.75, 3.05) is 13.2 Å². The Labute approximate surface area is 113 Å². The number of hydrogen-bond donors (Lipinski definition) is 2. The third kappa shape index (κ3) is 5.54. The topological polar surface area (TPSA) is 41.5 Å². The maximum Gasteiger partial charge on any atom is 0.138 e. The molecule has 0 spiro atoms. The maximum absolute atomic E-state index is 9.57. The first-order valence-electron chi connectivity index (χ1n) is 5.87. The van der Waals surface area contributed by atoms with Crippen molar-refractivity contribution in [1.82, 2.24) is 5.32 Å². The Bertz CT molecular complexity index is 399. The molecule has 0 aliphatic heterocycles. The van der Waals surface area contributed by atoms with E-state index in [0.717, 1.165) is 5.56 Å². The van der Waals surface area contributed by atoms with E-state index >= 15 is 0 Å². The van der Waals surface area contributed by atoms with Crippen LogP contribution in [0.1, 0.15) is 19.4 Å². The molecule has 4 heteroatoms. The summed E-state index contributed by atoms with van der Waals surface area (Å²) in [5.41, 5.74) is 0.340. The molecule has 2 N–H and O–H groups in total. The third-order valence-corrected chi connectivity index (χ3v) is 2.54. The number of nitrogens with one attached hydrogen (secondary N) is 1. The van der Waals surface area contributed by atoms with Crippen molar-refractivity contribution < 1.29 is 9.84 Å². The summed E-state index contributed by atoms with van der Waals surface area (Å²) >= 11 is 6.10. The van der Waals surface area contributed by atoms with Crippen molar-refractivity contribution in [3.05, 3.63) is 41.4 Å². The molecule has 100 valence electrons. The van der Waals surface area contributed by atoms with Crippen LogP contribution in [0.15, 0.2) is 30.9 Å². The van der Waals surface area contributed by atoms with Crippen LogP contribution in [-0.4, -0.2) is 23.9 Å². The molecule has 18 heavy (non-hydrogen) atoms. The van der Waals surface area contributed by atoms with Crippen LogP contribution in [0.5, 0.6) is 5.75 Å². The van der Waals surface area contributed by atoms with E-state index in [1.54, 1.807) is 19.9 Å². The van der Waals surface area contributed by atoms with Gasteiger partial charge in [-0.3, -0.25) is 0 Å². The fraction of sp³-hybridized carbons (Fsp3) is 0.429. The van der Waals surface area contributed by atoms with E-state index in [-0.39, 0.29) is 0 Å². The second kappa shape index (κ2) is 6.78. The Hall–Kier alpha value is -1.03. The van der Waals surface area contributed by atoms with Gasteiger partial charge in [-0.2, -0.15) is 0 Å². The van der Waals surface area contributed by atoms with Crippen LogP contribution in [0.25, 0.3) is 0 Å². The average molecular weight is 270 g/mol. The largest absolute Gasteiger partial charge is 0.488 e. The van der Waals surface area contributed by atoms with Crippen molar-refractivity contribution in [2.24, 2.45) is 0 Å². The molecule has 0 aliphatic rings. The lowest BCUT2D eigenvalue weighted by Gasteiger charge is -2.17. The Kier molecular flexibility index (Phi) is 5.66. The molecular formula is C14H20ClNO2. The van der Waals surface area contributed by atoms with Gasteiger partial charge in [0.1, 0.15) is 12.4 Å². The van der Waals surface area contributed by atoms with Gasteiger partial charge < -0.3 is 15.2 Å². The van der Waals surface area contributed by atoms with E-state index in [9.17, 15) is 5.11 Å². The van der Waals surface area contributed by atoms with Gasteiger partial charge in [-0.1, -0.05) is 30.3 Å². The van der Waals surface area contributed by atoms with Crippen molar-refractivity contribution in [2.45, 2.75) is 26.0 Å². The first-order chi connectivity index (χ1) is 8.42. The summed E-state index contributed by atoms with van der Waals surface area (Å²) in [5, 5.41) is 13.3. The van der Waals surface area contributed by atoms with Crippen molar-refractivity contribution >= 4 is 11.6 Å². The van der Waals surface area contributed by atoms with Crippen molar-refractivity contribution in [3.8, 4) is 5.75 Å². The molecule has 0 aliphatic carbocycles. The van der Waals surface area contributed by atoms with Gasteiger partial charge in [0.15, 0.2) is 0 Å². The highest BCUT2D eigenvalue weighted by molar-refractivity contribution is 6.32. The van der Waals surface area contributed by atoms with E-state index in [1.165, 1.54) is 0 Å². The van der Waals surface area contributed by atoms with E-state index in [2.05, 4.69) is 11.9 Å². The first-order valence-corrected chi connectivity index (χ1v) is 6.25. The van der Waals surface area contributed by atoms with E-state index in [0.29, 0.717) is 30.5 Å². The zero-order chi connectivity index (χ0) is 13.6. The molecule has 3 nitrogen and oxygen atoms in total. The van der Waals surface area contributed by atoms with Crippen LogP contribution in [0.4, 0.5) is 0 Å². The minimum Gasteiger partial charge on any atom is -0.488 e. The van der Waals surface area contributed by atoms with E-state index in [4.69, 9.17) is 16.3 Å². The van der Waals surface area contributed by atoms with Gasteiger partial charge in [0, 0.05) is 13.1 Å². The molecular weight excluding hydrogens is 250 g/mol. The van der Waals surface area contributed by atoms with Crippen molar-refractivity contribution in [3.63, 3.8) is 0 Å². The summed E-state index contributed by atoms with van der Waals surface area (Å²) in [6.07, 6.45) is 1.68. The molecule has 0 fully saturated rings. The van der Waals surface area contributed by atoms with Gasteiger partial charge in [0.2, 0.25) is 0 Å². The van der Waals surface area contributed by atoms with Gasteiger partial charge in [-0.15, -0.1) is 0 Å². The molecule has 0 atom stereocenters. The molecule has 0 saturated carbocycles. The summed E-state index contributed by atoms with van der Waals surface area (Å²) in [4.78, 5) is 0. The third-order valence-electron chi connectivity index (χ3n) is 2.24. The van der Waals surface area contributed by atoms with Gasteiger partial charge >= 0.3 is 0 Å². The highest BCUT2D eigenvalue weighted by atomic mass is 35.5. The lowest BCUT2D eigenvalue weighted by molar-refractivity contribution is 0.0795. The van der Waals surface area contributed by atoms with Crippen LogP contribution >= 0.6 is 11.6 Å². The van der Waals surface area contributed by atoms with Crippen LogP contribution in [0.3, 0.4) is 0 Å². The number of aliphatic hydroxyl groups is 1. The predicted octanol–water partition coefficient (Wildman–Crippen LogP) is 2.77. The fourth-order valence-corrected chi connectivity index (χ4v) is 1.69. The molecule has 0 aromatic heterocycles. The lowest BCUT2D eigenvalue weighted by atomic mass is 10.1. The predicted molar refractivity (Wildman–Crippen MR) is 75.1 cm³/mol. The molecule has 0 saturated heterocycles. The molecule has 0 radical (unpaired) electrons. The molecule has 1 rings (SSSR count). The molecule has 0 heterocycles. The SMILES string of the molecule is C=CCOc1ccc(CNCC(C)(C)O)cc1Cl. The smallest absolute Gasteiger partial charge is 0.138 e. The standard InChI is InChI=1S/C14H20ClNO2/c1-4-7-18-13-6-5-11(8-12(13)15)9-16-10-14(2,3)17/h4-6,8,16-17H,1,7,9-10H2,2-3H3. The number of halogens is 1. The molecule has 0 bridgehead atoms. The summed E-state index contributed by atoms with van der Waals surface area (Å²) in [6.45, 7) is 8.74. The van der Waals surface area contributed by atoms with Gasteiger partial charge in [0.05, 0.1) is 10.6 Å². The normalized spacial score (nSPS) is 11.3. The van der Waals surface area contributed by atoms with Gasteiger partial charge in [-0.25, -0.2) is 0 Å². The highest BCUT2D eigenvalue weighted by Gasteiger charge is 2.11. The average Bonchev–Trinajstić information content (AvgIpc) is 2.26. The van der Waals surface area contributed by atoms with E-state index < -0.39 is 5.60 Å². The quantitative estimate of drug-likeness (QED) is 0.748. The molecule has 1 aromatic carbocycles. The van der Waals surface area contributed by atoms with Crippen LogP contribution < -0.4 is 10.1 Å². The fourth-order valence-electron chi connectivity index (χ4n) is 1.43. The lowest BCUT2D eigenvalue weighted by Crippen LogP contribution is -2.34. The maximum atomic E-state index is 9.57. The second-order valence-electron chi connectivity index (χ2n) is 4.78. The minimum atomic E-state index is -0.712. The van der Waals surface area contributed by atoms with Crippen LogP contribution in [0, 0.1) is 0 Å². The first kappa shape index (κ1) is 15.0. The van der Waals surface area contributed by atoms with Crippen LogP contribution in [-0.2, 0) is 6.54 Å². The number of hydrogen-bond acceptors (Lipinski definition) is 3.